The third-order valence-electron chi connectivity index (χ3n) is 1.37. The summed E-state index contributed by atoms with van der Waals surface area (Å²) in [6, 6.07) is 0. The van der Waals surface area contributed by atoms with Gasteiger partial charge in [-0.2, -0.15) is 0 Å². The van der Waals surface area contributed by atoms with Crippen LogP contribution in [0, 0.1) is 0 Å². The zero-order valence-corrected chi connectivity index (χ0v) is 9.11. The number of rotatable bonds is 3. The maximum absolute atomic E-state index is 5.37. The van der Waals surface area contributed by atoms with Gasteiger partial charge in [0.25, 0.3) is 0 Å². The van der Waals surface area contributed by atoms with E-state index in [2.05, 4.69) is 10.3 Å². The minimum atomic E-state index is 0.255. The molecule has 0 bridgehead atoms. The van der Waals surface area contributed by atoms with Crippen LogP contribution in [0.3, 0.4) is 0 Å². The van der Waals surface area contributed by atoms with Crippen LogP contribution in [0.15, 0.2) is 6.20 Å². The zero-order chi connectivity index (χ0) is 10.3. The first-order chi connectivity index (χ1) is 6.20. The molecule has 0 radical (unpaired) electrons. The van der Waals surface area contributed by atoms with Crippen LogP contribution in [0.4, 0.5) is 0 Å². The lowest BCUT2D eigenvalue weighted by atomic mass is 10.4. The van der Waals surface area contributed by atoms with Crippen molar-refractivity contribution in [3.63, 3.8) is 0 Å². The molecular weight excluding hydrogens is 166 g/mol. The van der Waals surface area contributed by atoms with Crippen molar-refractivity contribution in [1.82, 2.24) is 15.0 Å². The first-order valence-electron chi connectivity index (χ1n) is 4.65. The molecule has 0 aromatic carbocycles. The van der Waals surface area contributed by atoms with Gasteiger partial charge in [-0.1, -0.05) is 19.1 Å². The van der Waals surface area contributed by atoms with Crippen molar-refractivity contribution in [3.05, 3.63) is 11.9 Å². The Hall–Kier alpha value is -0.900. The van der Waals surface area contributed by atoms with Gasteiger partial charge >= 0.3 is 0 Å². The van der Waals surface area contributed by atoms with E-state index in [1.54, 1.807) is 10.9 Å². The van der Waals surface area contributed by atoms with E-state index in [1.807, 2.05) is 34.7 Å². The van der Waals surface area contributed by atoms with Gasteiger partial charge in [0, 0.05) is 7.05 Å². The number of hydrogen-bond acceptors (Lipinski definition) is 3. The molecule has 4 heteroatoms. The fourth-order valence-electron chi connectivity index (χ4n) is 0.694. The molecule has 0 saturated heterocycles. The number of hydrogen-bond donors (Lipinski definition) is 0. The number of aryl methyl sites for hydroxylation is 1. The Kier molecular flexibility index (Phi) is 6.14. The van der Waals surface area contributed by atoms with E-state index in [4.69, 9.17) is 4.74 Å². The molecule has 0 aliphatic rings. The largest absolute Gasteiger partial charge is 0.372 e. The van der Waals surface area contributed by atoms with Gasteiger partial charge in [0.2, 0.25) is 0 Å². The third-order valence-corrected chi connectivity index (χ3v) is 1.37. The van der Waals surface area contributed by atoms with Crippen molar-refractivity contribution in [2.75, 3.05) is 0 Å². The van der Waals surface area contributed by atoms with Gasteiger partial charge in [-0.25, -0.2) is 0 Å². The highest BCUT2D eigenvalue weighted by molar-refractivity contribution is 4.90. The highest BCUT2D eigenvalue weighted by Crippen LogP contribution is 1.98. The van der Waals surface area contributed by atoms with E-state index in [-0.39, 0.29) is 6.10 Å². The van der Waals surface area contributed by atoms with E-state index in [0.717, 1.165) is 5.69 Å². The molecule has 0 amide bonds. The minimum absolute atomic E-state index is 0.255. The molecule has 0 saturated carbocycles. The molecule has 0 aliphatic carbocycles. The zero-order valence-electron chi connectivity index (χ0n) is 9.11. The van der Waals surface area contributed by atoms with Crippen molar-refractivity contribution in [3.8, 4) is 0 Å². The summed E-state index contributed by atoms with van der Waals surface area (Å²) in [5.41, 5.74) is 0.999. The minimum Gasteiger partial charge on any atom is -0.372 e. The van der Waals surface area contributed by atoms with Gasteiger partial charge in [-0.15, -0.1) is 5.10 Å². The monoisotopic (exact) mass is 185 g/mol. The number of aromatic nitrogens is 3. The van der Waals surface area contributed by atoms with Gasteiger partial charge in [-0.3, -0.25) is 4.68 Å². The number of ether oxygens (including phenoxy) is 1. The van der Waals surface area contributed by atoms with Crippen molar-refractivity contribution in [1.29, 1.82) is 0 Å². The Bertz CT molecular complexity index is 220. The molecule has 0 N–H and O–H groups in total. The van der Waals surface area contributed by atoms with Gasteiger partial charge < -0.3 is 4.74 Å². The van der Waals surface area contributed by atoms with Crippen LogP contribution >= 0.6 is 0 Å². The Labute approximate surface area is 79.9 Å². The second-order valence-corrected chi connectivity index (χ2v) is 2.71. The predicted molar refractivity (Wildman–Crippen MR) is 52.3 cm³/mol. The van der Waals surface area contributed by atoms with E-state index in [9.17, 15) is 0 Å². The maximum atomic E-state index is 5.37. The fraction of sp³-hybridized carbons (Fsp3) is 0.778. The summed E-state index contributed by atoms with van der Waals surface area (Å²) in [4.78, 5) is 0. The van der Waals surface area contributed by atoms with Crippen molar-refractivity contribution >= 4 is 0 Å². The van der Waals surface area contributed by atoms with E-state index < -0.39 is 0 Å². The van der Waals surface area contributed by atoms with Crippen LogP contribution in [-0.2, 0) is 18.4 Å². The summed E-state index contributed by atoms with van der Waals surface area (Å²) in [5.74, 6) is 0. The van der Waals surface area contributed by atoms with Crippen molar-refractivity contribution in [2.24, 2.45) is 7.05 Å². The first-order valence-corrected chi connectivity index (χ1v) is 4.65. The summed E-state index contributed by atoms with van der Waals surface area (Å²) in [6.45, 7) is 8.59. The third kappa shape index (κ3) is 4.62. The van der Waals surface area contributed by atoms with Gasteiger partial charge in [-0.05, 0) is 13.8 Å². The average Bonchev–Trinajstić information content (AvgIpc) is 2.51. The summed E-state index contributed by atoms with van der Waals surface area (Å²) in [6.07, 6.45) is 1.97. The van der Waals surface area contributed by atoms with Crippen LogP contribution in [0.2, 0.25) is 0 Å². The molecule has 1 rings (SSSR count). The van der Waals surface area contributed by atoms with Crippen LogP contribution in [0.25, 0.3) is 0 Å². The van der Waals surface area contributed by atoms with Gasteiger partial charge in [0.15, 0.2) is 0 Å². The van der Waals surface area contributed by atoms with E-state index in [0.29, 0.717) is 6.61 Å². The van der Waals surface area contributed by atoms with Gasteiger partial charge in [0.1, 0.15) is 0 Å². The summed E-state index contributed by atoms with van der Waals surface area (Å²) < 4.78 is 7.08. The quantitative estimate of drug-likeness (QED) is 0.720. The fourth-order valence-corrected chi connectivity index (χ4v) is 0.694. The lowest BCUT2D eigenvalue weighted by Gasteiger charge is -2.05. The van der Waals surface area contributed by atoms with Crippen LogP contribution in [-0.4, -0.2) is 21.1 Å². The molecule has 0 unspecified atom stereocenters. The summed E-state index contributed by atoms with van der Waals surface area (Å²) in [5, 5.41) is 7.51. The normalized spacial score (nSPS) is 9.69. The molecule has 1 aromatic rings. The van der Waals surface area contributed by atoms with Crippen LogP contribution in [0.1, 0.15) is 33.4 Å². The Morgan fingerprint density at radius 3 is 2.46 bits per heavy atom. The molecule has 1 aromatic heterocycles. The second-order valence-electron chi connectivity index (χ2n) is 2.71. The lowest BCUT2D eigenvalue weighted by molar-refractivity contribution is 0.0617. The SMILES string of the molecule is CC.CC(C)OCc1cnnn1C. The topological polar surface area (TPSA) is 39.9 Å². The van der Waals surface area contributed by atoms with Gasteiger partial charge in [0.05, 0.1) is 24.6 Å². The molecule has 0 aliphatic heterocycles. The highest BCUT2D eigenvalue weighted by Gasteiger charge is 2.00. The highest BCUT2D eigenvalue weighted by atomic mass is 16.5. The number of nitrogens with zero attached hydrogens (tertiary/aromatic N) is 3. The maximum Gasteiger partial charge on any atom is 0.0904 e. The average molecular weight is 185 g/mol. The molecule has 4 nitrogen and oxygen atoms in total. The first kappa shape index (κ1) is 12.1. The Balaban J connectivity index is 0.000000671. The Morgan fingerprint density at radius 1 is 1.46 bits per heavy atom. The van der Waals surface area contributed by atoms with Crippen LogP contribution < -0.4 is 0 Å². The van der Waals surface area contributed by atoms with Crippen LogP contribution in [0.5, 0.6) is 0 Å². The molecule has 13 heavy (non-hydrogen) atoms. The molecule has 0 spiro atoms. The van der Waals surface area contributed by atoms with Crippen molar-refractivity contribution < 1.29 is 4.74 Å². The lowest BCUT2D eigenvalue weighted by Crippen LogP contribution is -2.06. The second kappa shape index (κ2) is 6.60. The standard InChI is InChI=1S/C7H13N3O.C2H6/c1-6(2)11-5-7-4-8-9-10(7)3;1-2/h4,6H,5H2,1-3H3;1-2H3. The molecule has 76 valence electrons. The molecular formula is C9H19N3O. The summed E-state index contributed by atoms with van der Waals surface area (Å²) in [7, 11) is 1.85. The van der Waals surface area contributed by atoms with E-state index >= 15 is 0 Å². The smallest absolute Gasteiger partial charge is 0.0904 e. The molecule has 0 atom stereocenters. The predicted octanol–water partition coefficient (Wildman–Crippen LogP) is 1.77. The van der Waals surface area contributed by atoms with Crippen molar-refractivity contribution in [2.45, 2.75) is 40.4 Å². The molecule has 1 heterocycles. The summed E-state index contributed by atoms with van der Waals surface area (Å²) >= 11 is 0. The molecule has 0 fully saturated rings. The van der Waals surface area contributed by atoms with E-state index in [1.165, 1.54) is 0 Å². The Morgan fingerprint density at radius 2 is 2.08 bits per heavy atom.